The van der Waals surface area contributed by atoms with Crippen molar-refractivity contribution in [1.82, 2.24) is 0 Å². The van der Waals surface area contributed by atoms with Crippen LogP contribution >= 0.6 is 0 Å². The van der Waals surface area contributed by atoms with Gasteiger partial charge >= 0.3 is 0 Å². The van der Waals surface area contributed by atoms with Gasteiger partial charge in [0.05, 0.1) is 26.4 Å². The molecule has 4 heteroatoms. The van der Waals surface area contributed by atoms with Gasteiger partial charge in [0.2, 0.25) is 0 Å². The second-order valence-electron chi connectivity index (χ2n) is 16.5. The average Bonchev–Trinajstić information content (AvgIpc) is 3.39. The topological polar surface area (TPSA) is 24.9 Å². The van der Waals surface area contributed by atoms with Crippen molar-refractivity contribution in [2.45, 2.75) is 46.0 Å². The molecule has 0 bridgehead atoms. The van der Waals surface area contributed by atoms with Gasteiger partial charge in [0, 0.05) is 50.4 Å². The van der Waals surface area contributed by atoms with Crippen molar-refractivity contribution in [2.75, 3.05) is 36.2 Å². The molecule has 1 aliphatic carbocycles. The molecule has 0 N–H and O–H groups in total. The highest BCUT2D eigenvalue weighted by Crippen LogP contribution is 2.61. The average molecular weight is 697 g/mol. The maximum atomic E-state index is 5.98. The third-order valence-corrected chi connectivity index (χ3v) is 11.7. The summed E-state index contributed by atoms with van der Waals surface area (Å²) >= 11 is 0. The molecule has 0 unspecified atom stereocenters. The summed E-state index contributed by atoms with van der Waals surface area (Å²) in [5, 5.41) is 0. The van der Waals surface area contributed by atoms with Crippen LogP contribution in [0, 0.1) is 24.7 Å². The number of rotatable bonds is 10. The van der Waals surface area contributed by atoms with E-state index in [-0.39, 0.29) is 16.2 Å². The van der Waals surface area contributed by atoms with E-state index in [2.05, 4.69) is 183 Å². The molecular weight excluding hydrogens is 649 g/mol. The van der Waals surface area contributed by atoms with Crippen molar-refractivity contribution in [3.63, 3.8) is 0 Å². The van der Waals surface area contributed by atoms with Crippen LogP contribution in [-0.2, 0) is 14.9 Å². The van der Waals surface area contributed by atoms with Crippen LogP contribution in [0.15, 0.2) is 146 Å². The maximum Gasteiger partial charge on any atom is 0.0542 e. The van der Waals surface area contributed by atoms with Gasteiger partial charge in [-0.25, -0.2) is 0 Å². The Morgan fingerprint density at radius 1 is 0.434 bits per heavy atom. The maximum absolute atomic E-state index is 5.98. The Morgan fingerprint density at radius 2 is 0.811 bits per heavy atom. The normalized spacial score (nSPS) is 17.2. The highest BCUT2D eigenvalue weighted by Gasteiger charge is 2.54. The molecular formula is C49H48N2O2. The Bertz CT molecular complexity index is 2110. The number of benzene rings is 6. The molecule has 3 aliphatic rings. The number of anilines is 6. The third kappa shape index (κ3) is 6.04. The lowest BCUT2D eigenvalue weighted by Crippen LogP contribution is -2.50. The summed E-state index contributed by atoms with van der Waals surface area (Å²) in [7, 11) is 0. The van der Waals surface area contributed by atoms with Crippen molar-refractivity contribution < 1.29 is 9.47 Å². The van der Waals surface area contributed by atoms with E-state index in [9.17, 15) is 0 Å². The Morgan fingerprint density at radius 3 is 1.17 bits per heavy atom. The van der Waals surface area contributed by atoms with E-state index in [0.29, 0.717) is 0 Å². The smallest absolute Gasteiger partial charge is 0.0542 e. The summed E-state index contributed by atoms with van der Waals surface area (Å²) in [6, 6.07) is 53.8. The highest BCUT2D eigenvalue weighted by molar-refractivity contribution is 5.88. The largest absolute Gasteiger partial charge is 0.380 e. The van der Waals surface area contributed by atoms with Crippen molar-refractivity contribution in [3.05, 3.63) is 168 Å². The lowest BCUT2D eigenvalue weighted by atomic mass is 9.59. The van der Waals surface area contributed by atoms with Crippen molar-refractivity contribution in [1.29, 1.82) is 0 Å². The second-order valence-corrected chi connectivity index (χ2v) is 16.5. The summed E-state index contributed by atoms with van der Waals surface area (Å²) in [6.07, 6.45) is 2.02. The lowest BCUT2D eigenvalue weighted by Gasteiger charge is -2.51. The highest BCUT2D eigenvalue weighted by atomic mass is 16.5. The Hall–Kier alpha value is -5.16. The first-order chi connectivity index (χ1) is 25.7. The predicted molar refractivity (Wildman–Crippen MR) is 219 cm³/mol. The third-order valence-electron chi connectivity index (χ3n) is 11.7. The molecule has 2 fully saturated rings. The summed E-state index contributed by atoms with van der Waals surface area (Å²) in [6.45, 7) is 12.3. The lowest BCUT2D eigenvalue weighted by molar-refractivity contribution is -0.135. The fourth-order valence-electron chi connectivity index (χ4n) is 9.34. The number of ether oxygens (including phenoxy) is 2. The first-order valence-electron chi connectivity index (χ1n) is 19.0. The molecule has 53 heavy (non-hydrogen) atoms. The number of aryl methyl sites for hydroxylation is 2. The van der Waals surface area contributed by atoms with Crippen molar-refractivity contribution >= 4 is 34.1 Å². The van der Waals surface area contributed by atoms with E-state index in [1.807, 2.05) is 0 Å². The van der Waals surface area contributed by atoms with Gasteiger partial charge in [0.25, 0.3) is 0 Å². The zero-order valence-electron chi connectivity index (χ0n) is 31.3. The molecule has 0 radical (unpaired) electrons. The van der Waals surface area contributed by atoms with E-state index < -0.39 is 0 Å². The summed E-state index contributed by atoms with van der Waals surface area (Å²) < 4.78 is 12.0. The SMILES string of the molecule is Cc1cccc(N(c2ccccc2)c2ccc3c(c2)C(CC2(C)COC2)(CC2(C)COC2)c2cc(N(c4ccccc4)c4cccc(C)c4)ccc2-3)c1. The fourth-order valence-corrected chi connectivity index (χ4v) is 9.34. The standard InChI is InChI=1S/C49H48N2O2/c1-35-13-11-19-39(25-35)50(37-15-7-5-8-16-37)41-21-23-43-44-24-22-42(51(38-17-9-6-10-18-38)40-20-12-14-36(2)26-40)28-46(44)49(45(43)27-41,29-47(3)31-52-32-47)30-48(4)33-53-34-48/h5-28H,29-34H2,1-4H3. The molecule has 0 aromatic heterocycles. The molecule has 266 valence electrons. The molecule has 2 saturated heterocycles. The monoisotopic (exact) mass is 696 g/mol. The van der Waals surface area contributed by atoms with Crippen LogP contribution in [0.5, 0.6) is 0 Å². The fraction of sp³-hybridized carbons (Fsp3) is 0.265. The van der Waals surface area contributed by atoms with Crippen molar-refractivity contribution in [3.8, 4) is 11.1 Å². The van der Waals surface area contributed by atoms with Gasteiger partial charge in [-0.1, -0.05) is 86.6 Å². The van der Waals surface area contributed by atoms with Crippen LogP contribution in [0.25, 0.3) is 11.1 Å². The molecule has 6 aromatic rings. The van der Waals surface area contributed by atoms with Gasteiger partial charge < -0.3 is 19.3 Å². The molecule has 9 rings (SSSR count). The van der Waals surface area contributed by atoms with Gasteiger partial charge in [0.1, 0.15) is 0 Å². The first-order valence-corrected chi connectivity index (χ1v) is 19.0. The number of hydrogen-bond donors (Lipinski definition) is 0. The zero-order valence-corrected chi connectivity index (χ0v) is 31.3. The van der Waals surface area contributed by atoms with Gasteiger partial charge in [-0.05, 0) is 133 Å². The molecule has 2 heterocycles. The van der Waals surface area contributed by atoms with Gasteiger partial charge in [-0.3, -0.25) is 0 Å². The summed E-state index contributed by atoms with van der Waals surface area (Å²) in [4.78, 5) is 4.84. The Balaban J connectivity index is 1.27. The first kappa shape index (κ1) is 33.7. The second kappa shape index (κ2) is 13.1. The predicted octanol–water partition coefficient (Wildman–Crippen LogP) is 12.4. The van der Waals surface area contributed by atoms with Crippen LogP contribution in [0.3, 0.4) is 0 Å². The molecule has 0 atom stereocenters. The number of nitrogens with zero attached hydrogens (tertiary/aromatic N) is 2. The van der Waals surface area contributed by atoms with Gasteiger partial charge in [0.15, 0.2) is 0 Å². The van der Waals surface area contributed by atoms with Gasteiger partial charge in [-0.2, -0.15) is 0 Å². The van der Waals surface area contributed by atoms with E-state index in [1.165, 1.54) is 44.8 Å². The quantitative estimate of drug-likeness (QED) is 0.142. The molecule has 6 aromatic carbocycles. The van der Waals surface area contributed by atoms with Crippen LogP contribution < -0.4 is 9.80 Å². The minimum absolute atomic E-state index is 0.0666. The minimum Gasteiger partial charge on any atom is -0.380 e. The van der Waals surface area contributed by atoms with Crippen LogP contribution in [0.2, 0.25) is 0 Å². The zero-order chi connectivity index (χ0) is 36.2. The Kier molecular flexibility index (Phi) is 8.29. The molecule has 2 aliphatic heterocycles. The van der Waals surface area contributed by atoms with E-state index >= 15 is 0 Å². The van der Waals surface area contributed by atoms with Crippen LogP contribution in [0.1, 0.15) is 48.9 Å². The number of fused-ring (bicyclic) bond motifs is 3. The molecule has 4 nitrogen and oxygen atoms in total. The van der Waals surface area contributed by atoms with E-state index in [0.717, 1.165) is 62.0 Å². The number of hydrogen-bond acceptors (Lipinski definition) is 4. The van der Waals surface area contributed by atoms with Crippen molar-refractivity contribution in [2.24, 2.45) is 10.8 Å². The van der Waals surface area contributed by atoms with Crippen LogP contribution in [0.4, 0.5) is 34.1 Å². The number of para-hydroxylation sites is 2. The van der Waals surface area contributed by atoms with Gasteiger partial charge in [-0.15, -0.1) is 0 Å². The summed E-state index contributed by atoms with van der Waals surface area (Å²) in [5.41, 5.74) is 14.8. The molecule has 0 spiro atoms. The van der Waals surface area contributed by atoms with E-state index in [1.54, 1.807) is 0 Å². The Labute approximate surface area is 314 Å². The van der Waals surface area contributed by atoms with E-state index in [4.69, 9.17) is 9.47 Å². The molecule has 0 amide bonds. The summed E-state index contributed by atoms with van der Waals surface area (Å²) in [5.74, 6) is 0. The minimum atomic E-state index is -0.252. The molecule has 0 saturated carbocycles. The van der Waals surface area contributed by atoms with Crippen LogP contribution in [-0.4, -0.2) is 26.4 Å².